The molecule has 1 heterocycles. The smallest absolute Gasteiger partial charge is 0.270 e. The summed E-state index contributed by atoms with van der Waals surface area (Å²) in [4.78, 5) is 28.7. The number of nitrogens with one attached hydrogen (secondary N) is 1. The van der Waals surface area contributed by atoms with Crippen LogP contribution in [0.3, 0.4) is 0 Å². The van der Waals surface area contributed by atoms with Crippen molar-refractivity contribution < 1.29 is 9.59 Å². The molecular formula is C20H18ClN3O2S. The van der Waals surface area contributed by atoms with Gasteiger partial charge in [0.2, 0.25) is 0 Å². The van der Waals surface area contributed by atoms with Gasteiger partial charge >= 0.3 is 0 Å². The zero-order valence-electron chi connectivity index (χ0n) is 15.1. The van der Waals surface area contributed by atoms with Gasteiger partial charge in [0.25, 0.3) is 11.8 Å². The van der Waals surface area contributed by atoms with Crippen LogP contribution in [0.1, 0.15) is 11.1 Å². The summed E-state index contributed by atoms with van der Waals surface area (Å²) >= 11 is 11.1. The van der Waals surface area contributed by atoms with Crippen LogP contribution in [-0.4, -0.2) is 31.0 Å². The molecule has 0 spiro atoms. The summed E-state index contributed by atoms with van der Waals surface area (Å²) in [5.41, 5.74) is 3.36. The van der Waals surface area contributed by atoms with Crippen LogP contribution >= 0.6 is 23.8 Å². The second-order valence-electron chi connectivity index (χ2n) is 6.37. The van der Waals surface area contributed by atoms with Crippen molar-refractivity contribution in [1.82, 2.24) is 5.32 Å². The largest absolute Gasteiger partial charge is 0.378 e. The van der Waals surface area contributed by atoms with E-state index < -0.39 is 11.8 Å². The van der Waals surface area contributed by atoms with Crippen molar-refractivity contribution >= 4 is 58.2 Å². The average molecular weight is 400 g/mol. The molecule has 5 nitrogen and oxygen atoms in total. The van der Waals surface area contributed by atoms with Crippen LogP contribution in [0, 0.1) is 6.92 Å². The third-order valence-electron chi connectivity index (χ3n) is 4.26. The fourth-order valence-corrected chi connectivity index (χ4v) is 3.14. The van der Waals surface area contributed by atoms with Crippen molar-refractivity contribution in [1.29, 1.82) is 0 Å². The number of carbonyl (C=O) groups excluding carboxylic acids is 2. The van der Waals surface area contributed by atoms with Gasteiger partial charge in [-0.15, -0.1) is 0 Å². The van der Waals surface area contributed by atoms with Gasteiger partial charge in [0.05, 0.1) is 5.69 Å². The van der Waals surface area contributed by atoms with E-state index in [1.807, 2.05) is 44.1 Å². The molecule has 0 atom stereocenters. The molecule has 2 aromatic carbocycles. The predicted octanol–water partition coefficient (Wildman–Crippen LogP) is 3.55. The van der Waals surface area contributed by atoms with Gasteiger partial charge in [0.1, 0.15) is 5.57 Å². The molecule has 27 heavy (non-hydrogen) atoms. The monoisotopic (exact) mass is 399 g/mol. The van der Waals surface area contributed by atoms with Crippen molar-refractivity contribution in [3.05, 3.63) is 64.2 Å². The van der Waals surface area contributed by atoms with Crippen LogP contribution < -0.4 is 15.1 Å². The summed E-state index contributed by atoms with van der Waals surface area (Å²) in [6, 6.07) is 12.5. The number of hydrogen-bond donors (Lipinski definition) is 1. The molecule has 138 valence electrons. The Hall–Kier alpha value is -2.70. The van der Waals surface area contributed by atoms with Crippen LogP contribution in [-0.2, 0) is 9.59 Å². The van der Waals surface area contributed by atoms with E-state index in [0.717, 1.165) is 16.8 Å². The average Bonchev–Trinajstić information content (AvgIpc) is 2.61. The highest BCUT2D eigenvalue weighted by Gasteiger charge is 2.34. The zero-order chi connectivity index (χ0) is 19.7. The zero-order valence-corrected chi connectivity index (χ0v) is 16.7. The Labute approximate surface area is 168 Å². The van der Waals surface area contributed by atoms with E-state index >= 15 is 0 Å². The van der Waals surface area contributed by atoms with E-state index in [2.05, 4.69) is 5.32 Å². The van der Waals surface area contributed by atoms with Crippen molar-refractivity contribution in [2.75, 3.05) is 23.9 Å². The fraction of sp³-hybridized carbons (Fsp3) is 0.150. The van der Waals surface area contributed by atoms with Crippen LogP contribution in [0.2, 0.25) is 5.02 Å². The number of anilines is 2. The number of nitrogens with zero attached hydrogens (tertiary/aromatic N) is 2. The van der Waals surface area contributed by atoms with Gasteiger partial charge in [-0.1, -0.05) is 17.7 Å². The Balaban J connectivity index is 2.00. The molecule has 0 saturated carbocycles. The maximum atomic E-state index is 13.0. The molecule has 0 bridgehead atoms. The summed E-state index contributed by atoms with van der Waals surface area (Å²) < 4.78 is 0. The first kappa shape index (κ1) is 19.1. The summed E-state index contributed by atoms with van der Waals surface area (Å²) in [5, 5.41) is 3.17. The lowest BCUT2D eigenvalue weighted by Gasteiger charge is -2.29. The minimum Gasteiger partial charge on any atom is -0.378 e. The summed E-state index contributed by atoms with van der Waals surface area (Å²) in [5.74, 6) is -0.978. The maximum absolute atomic E-state index is 13.0. The van der Waals surface area contributed by atoms with Gasteiger partial charge in [-0.05, 0) is 72.7 Å². The topological polar surface area (TPSA) is 52.7 Å². The van der Waals surface area contributed by atoms with E-state index in [9.17, 15) is 9.59 Å². The molecule has 3 rings (SSSR count). The van der Waals surface area contributed by atoms with Gasteiger partial charge < -0.3 is 4.90 Å². The number of hydrogen-bond acceptors (Lipinski definition) is 4. The third kappa shape index (κ3) is 3.86. The lowest BCUT2D eigenvalue weighted by molar-refractivity contribution is -0.122. The van der Waals surface area contributed by atoms with E-state index in [0.29, 0.717) is 10.7 Å². The second kappa shape index (κ2) is 7.50. The summed E-state index contributed by atoms with van der Waals surface area (Å²) in [6.07, 6.45) is 1.59. The second-order valence-corrected chi connectivity index (χ2v) is 7.19. The molecule has 1 N–H and O–H groups in total. The van der Waals surface area contributed by atoms with Gasteiger partial charge in [0, 0.05) is 24.8 Å². The molecule has 1 fully saturated rings. The van der Waals surface area contributed by atoms with Gasteiger partial charge in [0.15, 0.2) is 5.11 Å². The van der Waals surface area contributed by atoms with E-state index in [1.165, 1.54) is 4.90 Å². The number of benzene rings is 2. The van der Waals surface area contributed by atoms with Crippen LogP contribution in [0.4, 0.5) is 11.4 Å². The molecule has 1 aliphatic heterocycles. The number of carbonyl (C=O) groups is 2. The van der Waals surface area contributed by atoms with E-state index in [1.54, 1.807) is 30.3 Å². The van der Waals surface area contributed by atoms with Gasteiger partial charge in [-0.25, -0.2) is 0 Å². The number of halogens is 1. The highest BCUT2D eigenvalue weighted by Crippen LogP contribution is 2.25. The highest BCUT2D eigenvalue weighted by molar-refractivity contribution is 7.80. The van der Waals surface area contributed by atoms with Crippen LogP contribution in [0.25, 0.3) is 6.08 Å². The number of aryl methyl sites for hydroxylation is 1. The first-order valence-electron chi connectivity index (χ1n) is 8.23. The lowest BCUT2D eigenvalue weighted by atomic mass is 10.0. The Morgan fingerprint density at radius 3 is 2.37 bits per heavy atom. The molecule has 7 heteroatoms. The Bertz CT molecular complexity index is 968. The molecule has 0 unspecified atom stereocenters. The Morgan fingerprint density at radius 1 is 1.11 bits per heavy atom. The number of thiocarbonyl (C=S) groups is 1. The van der Waals surface area contributed by atoms with Crippen LogP contribution in [0.15, 0.2) is 48.0 Å². The Kier molecular flexibility index (Phi) is 5.30. The number of rotatable bonds is 3. The minimum atomic E-state index is -0.508. The normalized spacial score (nSPS) is 15.9. The molecule has 2 amide bonds. The predicted molar refractivity (Wildman–Crippen MR) is 113 cm³/mol. The fourth-order valence-electron chi connectivity index (χ4n) is 2.74. The van der Waals surface area contributed by atoms with Crippen molar-refractivity contribution in [2.24, 2.45) is 0 Å². The van der Waals surface area contributed by atoms with E-state index in [-0.39, 0.29) is 10.7 Å². The Morgan fingerprint density at radius 2 is 1.78 bits per heavy atom. The SMILES string of the molecule is Cc1cc(N(C)C)ccc1C=C1C(=O)NC(=S)N(c2ccc(Cl)cc2)C1=O. The molecule has 1 aliphatic rings. The van der Waals surface area contributed by atoms with Crippen LogP contribution in [0.5, 0.6) is 0 Å². The first-order chi connectivity index (χ1) is 12.8. The maximum Gasteiger partial charge on any atom is 0.270 e. The number of amides is 2. The van der Waals surface area contributed by atoms with Gasteiger partial charge in [-0.3, -0.25) is 19.8 Å². The third-order valence-corrected chi connectivity index (χ3v) is 4.79. The molecule has 0 aromatic heterocycles. The molecule has 0 radical (unpaired) electrons. The quantitative estimate of drug-likeness (QED) is 0.487. The summed E-state index contributed by atoms with van der Waals surface area (Å²) in [7, 11) is 3.91. The standard InChI is InChI=1S/C20H18ClN3O2S/c1-12-10-16(23(2)3)7-4-13(12)11-17-18(25)22-20(27)24(19(17)26)15-8-5-14(21)6-9-15/h4-11H,1-3H3,(H,22,25,27). The molecule has 2 aromatic rings. The first-order valence-corrected chi connectivity index (χ1v) is 9.01. The van der Waals surface area contributed by atoms with Crippen molar-refractivity contribution in [2.45, 2.75) is 6.92 Å². The molecule has 1 saturated heterocycles. The van der Waals surface area contributed by atoms with Gasteiger partial charge in [-0.2, -0.15) is 0 Å². The van der Waals surface area contributed by atoms with E-state index in [4.69, 9.17) is 23.8 Å². The molecule has 0 aliphatic carbocycles. The summed E-state index contributed by atoms with van der Waals surface area (Å²) in [6.45, 7) is 1.94. The highest BCUT2D eigenvalue weighted by atomic mass is 35.5. The lowest BCUT2D eigenvalue weighted by Crippen LogP contribution is -2.54. The molecular weight excluding hydrogens is 382 g/mol. The van der Waals surface area contributed by atoms with Crippen molar-refractivity contribution in [3.63, 3.8) is 0 Å². The van der Waals surface area contributed by atoms with Crippen molar-refractivity contribution in [3.8, 4) is 0 Å². The minimum absolute atomic E-state index is 0.0271.